The summed E-state index contributed by atoms with van der Waals surface area (Å²) in [5, 5.41) is 6.09. The van der Waals surface area contributed by atoms with Gasteiger partial charge in [-0.25, -0.2) is 4.58 Å². The van der Waals surface area contributed by atoms with E-state index < -0.39 is 10.0 Å². The van der Waals surface area contributed by atoms with E-state index in [4.69, 9.17) is 0 Å². The lowest BCUT2D eigenvalue weighted by atomic mass is 9.80. The number of carbonyl (C=O) groups excluding carboxylic acids is 1. The molecule has 8 rings (SSSR count). The second-order valence-electron chi connectivity index (χ2n) is 16.6. The first kappa shape index (κ1) is 32.6. The highest BCUT2D eigenvalue weighted by Gasteiger charge is 2.44. The highest BCUT2D eigenvalue weighted by molar-refractivity contribution is 8.32. The Labute approximate surface area is 295 Å². The molecular formula is C44H54N3OS+. The number of allylic oxidation sites excluding steroid dienone is 2. The highest BCUT2D eigenvalue weighted by atomic mass is 32.3. The SMILES string of the molecule is CCCCNC(=O)c1ccccc1C1=c2cc3c4c(c2S(C)(C)c2c1cc1c5c2CCCN5C(C)(C)C=C1C)CCC[N+]=4C(C)(C)C=C3C. The molecule has 5 heterocycles. The van der Waals surface area contributed by atoms with Gasteiger partial charge in [-0.2, -0.15) is 10.0 Å². The van der Waals surface area contributed by atoms with Crippen molar-refractivity contribution in [1.29, 1.82) is 0 Å². The number of hydrogen-bond acceptors (Lipinski definition) is 2. The lowest BCUT2D eigenvalue weighted by Crippen LogP contribution is -2.54. The van der Waals surface area contributed by atoms with Crippen LogP contribution in [0.15, 0.2) is 58.3 Å². The largest absolute Gasteiger partial charge is 0.362 e. The normalized spacial score (nSPS) is 21.0. The van der Waals surface area contributed by atoms with Crippen LogP contribution in [-0.2, 0) is 12.8 Å². The molecule has 1 amide bonds. The molecule has 5 heteroatoms. The molecule has 1 N–H and O–H groups in total. The number of fused-ring (bicyclic) bond motifs is 4. The van der Waals surface area contributed by atoms with Gasteiger partial charge in [0.05, 0.1) is 5.54 Å². The summed E-state index contributed by atoms with van der Waals surface area (Å²) in [7, 11) is -1.45. The number of carbonyl (C=O) groups is 1. The second-order valence-corrected chi connectivity index (χ2v) is 20.1. The third kappa shape index (κ3) is 4.70. The van der Waals surface area contributed by atoms with Crippen molar-refractivity contribution in [2.24, 2.45) is 0 Å². The Balaban J connectivity index is 1.56. The van der Waals surface area contributed by atoms with Crippen LogP contribution in [0, 0.1) is 0 Å². The van der Waals surface area contributed by atoms with E-state index in [0.29, 0.717) is 6.54 Å². The van der Waals surface area contributed by atoms with Crippen molar-refractivity contribution in [3.05, 3.63) is 98.1 Å². The quantitative estimate of drug-likeness (QED) is 0.222. The minimum absolute atomic E-state index is 0.0245. The molecular weight excluding hydrogens is 619 g/mol. The van der Waals surface area contributed by atoms with E-state index in [1.807, 2.05) is 12.1 Å². The van der Waals surface area contributed by atoms with Crippen molar-refractivity contribution >= 4 is 38.3 Å². The molecule has 3 aromatic carbocycles. The average Bonchev–Trinajstić information content (AvgIpc) is 3.05. The van der Waals surface area contributed by atoms with Crippen LogP contribution in [0.5, 0.6) is 0 Å². The molecule has 0 aliphatic carbocycles. The molecule has 4 nitrogen and oxygen atoms in total. The zero-order valence-electron chi connectivity index (χ0n) is 31.2. The summed E-state index contributed by atoms with van der Waals surface area (Å²) in [6.07, 6.45) is 16.7. The lowest BCUT2D eigenvalue weighted by Gasteiger charge is -2.50. The molecule has 0 atom stereocenters. The van der Waals surface area contributed by atoms with Crippen molar-refractivity contribution in [1.82, 2.24) is 9.89 Å². The van der Waals surface area contributed by atoms with E-state index in [0.717, 1.165) is 62.7 Å². The predicted molar refractivity (Wildman–Crippen MR) is 209 cm³/mol. The minimum Gasteiger partial charge on any atom is -0.362 e. The van der Waals surface area contributed by atoms with Crippen LogP contribution in [0.1, 0.15) is 118 Å². The van der Waals surface area contributed by atoms with Gasteiger partial charge in [0.2, 0.25) is 5.36 Å². The van der Waals surface area contributed by atoms with Crippen molar-refractivity contribution in [2.75, 3.05) is 37.0 Å². The zero-order valence-corrected chi connectivity index (χ0v) is 32.0. The summed E-state index contributed by atoms with van der Waals surface area (Å²) in [4.78, 5) is 19.9. The number of amides is 1. The number of unbranched alkanes of at least 4 members (excludes halogenated alkanes) is 1. The highest BCUT2D eigenvalue weighted by Crippen LogP contribution is 2.65. The Kier molecular flexibility index (Phi) is 7.47. The van der Waals surface area contributed by atoms with Gasteiger partial charge in [-0.1, -0.05) is 37.6 Å². The second kappa shape index (κ2) is 11.2. The third-order valence-corrected chi connectivity index (χ3v) is 15.0. The number of rotatable bonds is 5. The van der Waals surface area contributed by atoms with E-state index in [2.05, 4.69) is 112 Å². The number of benzene rings is 3. The first-order chi connectivity index (χ1) is 23.3. The van der Waals surface area contributed by atoms with Crippen LogP contribution in [-0.4, -0.2) is 49.1 Å². The molecule has 0 fully saturated rings. The average molecular weight is 673 g/mol. The first-order valence-electron chi connectivity index (χ1n) is 18.6. The van der Waals surface area contributed by atoms with Gasteiger partial charge < -0.3 is 10.2 Å². The molecule has 5 aliphatic heterocycles. The molecule has 0 saturated carbocycles. The van der Waals surface area contributed by atoms with Crippen molar-refractivity contribution in [2.45, 2.75) is 108 Å². The number of anilines is 1. The maximum absolute atomic E-state index is 14.0. The molecule has 0 aromatic heterocycles. The summed E-state index contributed by atoms with van der Waals surface area (Å²) in [5.74, 6) is 0.0310. The Morgan fingerprint density at radius 1 is 0.898 bits per heavy atom. The summed E-state index contributed by atoms with van der Waals surface area (Å²) < 4.78 is 2.70. The van der Waals surface area contributed by atoms with Gasteiger partial charge in [-0.3, -0.25) is 4.79 Å². The summed E-state index contributed by atoms with van der Waals surface area (Å²) in [5.41, 5.74) is 14.4. The van der Waals surface area contributed by atoms with Crippen molar-refractivity contribution in [3.8, 4) is 0 Å². The summed E-state index contributed by atoms with van der Waals surface area (Å²) >= 11 is 0. The van der Waals surface area contributed by atoms with Crippen molar-refractivity contribution in [3.63, 3.8) is 0 Å². The Morgan fingerprint density at radius 2 is 1.63 bits per heavy atom. The molecule has 3 aromatic rings. The van der Waals surface area contributed by atoms with Crippen LogP contribution in [0.4, 0.5) is 5.69 Å². The van der Waals surface area contributed by atoms with Gasteiger partial charge in [0, 0.05) is 71.1 Å². The molecule has 0 spiro atoms. The van der Waals surface area contributed by atoms with E-state index in [9.17, 15) is 4.79 Å². The predicted octanol–water partition coefficient (Wildman–Crippen LogP) is 7.84. The van der Waals surface area contributed by atoms with Crippen LogP contribution in [0.2, 0.25) is 0 Å². The van der Waals surface area contributed by atoms with Gasteiger partial charge in [0.25, 0.3) is 5.91 Å². The van der Waals surface area contributed by atoms with Crippen LogP contribution in [0.3, 0.4) is 0 Å². The van der Waals surface area contributed by atoms with Gasteiger partial charge in [0.1, 0.15) is 6.54 Å². The van der Waals surface area contributed by atoms with Gasteiger partial charge >= 0.3 is 0 Å². The minimum atomic E-state index is -1.45. The van der Waals surface area contributed by atoms with Gasteiger partial charge in [-0.15, -0.1) is 0 Å². The Hall–Kier alpha value is -3.57. The number of nitrogens with zero attached hydrogens (tertiary/aromatic N) is 2. The van der Waals surface area contributed by atoms with E-state index >= 15 is 0 Å². The molecule has 0 bridgehead atoms. The topological polar surface area (TPSA) is 35.4 Å². The lowest BCUT2D eigenvalue weighted by molar-refractivity contribution is 0.0953. The fourth-order valence-corrected chi connectivity index (χ4v) is 13.4. The van der Waals surface area contributed by atoms with Gasteiger partial charge in [-0.05, 0) is 129 Å². The van der Waals surface area contributed by atoms with Crippen LogP contribution >= 0.6 is 10.0 Å². The molecule has 256 valence electrons. The summed E-state index contributed by atoms with van der Waals surface area (Å²) in [6, 6.07) is 13.5. The summed E-state index contributed by atoms with van der Waals surface area (Å²) in [6.45, 7) is 19.2. The van der Waals surface area contributed by atoms with E-state index in [1.54, 1.807) is 20.9 Å². The standard InChI is InChI=1S/C44H53N3OS/c1-10-11-20-45-42(48)30-17-13-12-16-29(30)37-35-23-33-27(2)25-43(4,5)46-21-14-18-31(38(33)46)40(35)49(8,9)41-32-19-15-22-47-39(32)34(24-36(37)41)28(3)26-44(47,6)7/h12-13,16-17,23-26H,10-11,14-15,18-22H2,1-9H3/p+1. The first-order valence-corrected chi connectivity index (χ1v) is 21.1. The van der Waals surface area contributed by atoms with Gasteiger partial charge in [0.15, 0.2) is 5.54 Å². The van der Waals surface area contributed by atoms with E-state index in [-0.39, 0.29) is 17.0 Å². The molecule has 0 saturated heterocycles. The Morgan fingerprint density at radius 3 is 2.41 bits per heavy atom. The third-order valence-electron chi connectivity index (χ3n) is 12.1. The van der Waals surface area contributed by atoms with Crippen LogP contribution < -0.4 is 25.4 Å². The zero-order chi connectivity index (χ0) is 34.6. The fourth-order valence-electron chi connectivity index (χ4n) is 10.1. The van der Waals surface area contributed by atoms with Crippen molar-refractivity contribution < 1.29 is 4.79 Å². The molecule has 49 heavy (non-hydrogen) atoms. The molecule has 0 unspecified atom stereocenters. The molecule has 5 aliphatic rings. The maximum Gasteiger partial charge on any atom is 0.251 e. The smallest absolute Gasteiger partial charge is 0.251 e. The van der Waals surface area contributed by atoms with E-state index in [1.165, 1.54) is 49.7 Å². The van der Waals surface area contributed by atoms with Crippen LogP contribution in [0.25, 0.3) is 16.7 Å². The molecule has 0 radical (unpaired) electrons. The fraction of sp³-hybridized carbons (Fsp3) is 0.455. The monoisotopic (exact) mass is 672 g/mol. The maximum atomic E-state index is 14.0. The number of nitrogens with one attached hydrogen (secondary N) is 1. The number of hydrogen-bond donors (Lipinski definition) is 1. The Bertz CT molecular complexity index is 2160.